The molecule has 0 N–H and O–H groups in total. The van der Waals surface area contributed by atoms with Crippen molar-refractivity contribution in [2.24, 2.45) is 11.8 Å². The van der Waals surface area contributed by atoms with Crippen LogP contribution in [0.2, 0.25) is 0 Å². The van der Waals surface area contributed by atoms with Crippen molar-refractivity contribution in [2.45, 2.75) is 32.5 Å². The van der Waals surface area contributed by atoms with Crippen molar-refractivity contribution in [1.82, 2.24) is 9.80 Å². The van der Waals surface area contributed by atoms with E-state index in [0.717, 1.165) is 23.3 Å². The molecule has 1 amide bonds. The van der Waals surface area contributed by atoms with Crippen molar-refractivity contribution in [1.29, 1.82) is 0 Å². The summed E-state index contributed by atoms with van der Waals surface area (Å²) in [4.78, 5) is 16.7. The summed E-state index contributed by atoms with van der Waals surface area (Å²) in [6.07, 6.45) is -4.37. The first kappa shape index (κ1) is 26.2. The third kappa shape index (κ3) is 7.03. The largest absolute Gasteiger partial charge is 0.416 e. The van der Waals surface area contributed by atoms with E-state index >= 15 is 0 Å². The number of alkyl halides is 3. The lowest BCUT2D eigenvalue weighted by molar-refractivity contribution is -0.138. The molecular weight excluding hydrogens is 448 g/mol. The van der Waals surface area contributed by atoms with Gasteiger partial charge >= 0.3 is 6.18 Å². The van der Waals surface area contributed by atoms with Crippen molar-refractivity contribution in [3.8, 4) is 0 Å². The van der Waals surface area contributed by atoms with Crippen LogP contribution in [0.15, 0.2) is 48.5 Å². The highest BCUT2D eigenvalue weighted by Crippen LogP contribution is 2.35. The number of likely N-dealkylation sites (tertiary alicyclic amines) is 1. The Morgan fingerprint density at radius 1 is 1.15 bits per heavy atom. The second kappa shape index (κ2) is 11.3. The minimum absolute atomic E-state index is 0.000655. The predicted molar refractivity (Wildman–Crippen MR) is 123 cm³/mol. The molecule has 1 aliphatic heterocycles. The van der Waals surface area contributed by atoms with Crippen LogP contribution in [0.4, 0.5) is 17.6 Å². The number of carbonyl (C=O) groups excluding carboxylic acids is 1. The van der Waals surface area contributed by atoms with E-state index in [4.69, 9.17) is 4.74 Å². The smallest absolute Gasteiger partial charge is 0.375 e. The van der Waals surface area contributed by atoms with Gasteiger partial charge in [0.05, 0.1) is 5.56 Å². The number of hydrogen-bond acceptors (Lipinski definition) is 3. The van der Waals surface area contributed by atoms with Gasteiger partial charge in [-0.15, -0.1) is 0 Å². The van der Waals surface area contributed by atoms with Crippen LogP contribution in [-0.4, -0.2) is 55.6 Å². The predicted octanol–water partition coefficient (Wildman–Crippen LogP) is 5.19. The van der Waals surface area contributed by atoms with Gasteiger partial charge in [-0.1, -0.05) is 38.1 Å². The molecule has 1 fully saturated rings. The molecule has 8 heteroatoms. The van der Waals surface area contributed by atoms with Gasteiger partial charge in [0.15, 0.2) is 0 Å². The average molecular weight is 481 g/mol. The van der Waals surface area contributed by atoms with Crippen LogP contribution < -0.4 is 0 Å². The standard InChI is InChI=1S/C26H32F4N2O2/c1-18(2)12-32(25(33)17-34-3)15-21-14-31(16-24(21)20-5-4-6-23(27)11-20)13-19-7-9-22(10-8-19)26(28,29)30/h4-11,18,21,24H,12-17H2,1-3H3. The molecule has 0 radical (unpaired) electrons. The van der Waals surface area contributed by atoms with Gasteiger partial charge in [-0.2, -0.15) is 13.2 Å². The summed E-state index contributed by atoms with van der Waals surface area (Å²) >= 11 is 0. The number of nitrogens with zero attached hydrogens (tertiary/aromatic N) is 2. The Kier molecular flexibility index (Phi) is 8.71. The Balaban J connectivity index is 1.80. The maximum Gasteiger partial charge on any atom is 0.416 e. The van der Waals surface area contributed by atoms with Gasteiger partial charge in [-0.25, -0.2) is 4.39 Å². The lowest BCUT2D eigenvalue weighted by Crippen LogP contribution is -2.41. The first-order valence-corrected chi connectivity index (χ1v) is 11.5. The second-order valence-corrected chi connectivity index (χ2v) is 9.44. The Morgan fingerprint density at radius 2 is 1.85 bits per heavy atom. The van der Waals surface area contributed by atoms with Crippen molar-refractivity contribution >= 4 is 5.91 Å². The molecule has 4 nitrogen and oxygen atoms in total. The van der Waals surface area contributed by atoms with Gasteiger partial charge < -0.3 is 9.64 Å². The molecule has 1 heterocycles. The SMILES string of the molecule is COCC(=O)N(CC(C)C)CC1CN(Cc2ccc(C(F)(F)F)cc2)CC1c1cccc(F)c1. The Morgan fingerprint density at radius 3 is 2.44 bits per heavy atom. The minimum Gasteiger partial charge on any atom is -0.375 e. The molecule has 2 aromatic rings. The molecule has 0 aliphatic carbocycles. The van der Waals surface area contributed by atoms with Gasteiger partial charge in [0.25, 0.3) is 0 Å². The van der Waals surface area contributed by atoms with Crippen LogP contribution in [0.1, 0.15) is 36.5 Å². The third-order valence-corrected chi connectivity index (χ3v) is 6.14. The van der Waals surface area contributed by atoms with Gasteiger partial charge in [-0.3, -0.25) is 9.69 Å². The van der Waals surface area contributed by atoms with Crippen LogP contribution in [0.3, 0.4) is 0 Å². The van der Waals surface area contributed by atoms with Gasteiger partial charge in [0.1, 0.15) is 12.4 Å². The summed E-state index contributed by atoms with van der Waals surface area (Å²) < 4.78 is 57.8. The molecule has 1 saturated heterocycles. The Bertz CT molecular complexity index is 947. The van der Waals surface area contributed by atoms with E-state index in [1.807, 2.05) is 24.8 Å². The van der Waals surface area contributed by atoms with Crippen molar-refractivity contribution in [3.05, 3.63) is 71.0 Å². The van der Waals surface area contributed by atoms with E-state index in [0.29, 0.717) is 32.7 Å². The summed E-state index contributed by atoms with van der Waals surface area (Å²) in [6.45, 7) is 6.94. The van der Waals surface area contributed by atoms with E-state index in [9.17, 15) is 22.4 Å². The molecule has 1 aliphatic rings. The third-order valence-electron chi connectivity index (χ3n) is 6.14. The number of carbonyl (C=O) groups is 1. The molecule has 2 aromatic carbocycles. The fourth-order valence-electron chi connectivity index (χ4n) is 4.66. The topological polar surface area (TPSA) is 32.8 Å². The van der Waals surface area contributed by atoms with Gasteiger partial charge in [0, 0.05) is 45.8 Å². The van der Waals surface area contributed by atoms with E-state index in [-0.39, 0.29) is 36.1 Å². The second-order valence-electron chi connectivity index (χ2n) is 9.44. The van der Waals surface area contributed by atoms with Crippen LogP contribution in [-0.2, 0) is 22.3 Å². The fourth-order valence-corrected chi connectivity index (χ4v) is 4.66. The van der Waals surface area contributed by atoms with E-state index < -0.39 is 11.7 Å². The lowest BCUT2D eigenvalue weighted by Gasteiger charge is -2.30. The highest BCUT2D eigenvalue weighted by molar-refractivity contribution is 5.77. The number of amides is 1. The van der Waals surface area contributed by atoms with Crippen molar-refractivity contribution in [2.75, 3.05) is 39.9 Å². The molecule has 0 aromatic heterocycles. The molecule has 34 heavy (non-hydrogen) atoms. The molecule has 2 atom stereocenters. The summed E-state index contributed by atoms with van der Waals surface area (Å²) in [5, 5.41) is 0. The van der Waals surface area contributed by atoms with Crippen molar-refractivity contribution in [3.63, 3.8) is 0 Å². The summed E-state index contributed by atoms with van der Waals surface area (Å²) in [7, 11) is 1.49. The lowest BCUT2D eigenvalue weighted by atomic mass is 9.88. The zero-order chi connectivity index (χ0) is 24.9. The maximum atomic E-state index is 14.0. The first-order chi connectivity index (χ1) is 16.1. The number of methoxy groups -OCH3 is 1. The molecule has 0 saturated carbocycles. The van der Waals surface area contributed by atoms with Gasteiger partial charge in [0.2, 0.25) is 5.91 Å². The first-order valence-electron chi connectivity index (χ1n) is 11.5. The highest BCUT2D eigenvalue weighted by Gasteiger charge is 2.36. The van der Waals surface area contributed by atoms with Crippen LogP contribution >= 0.6 is 0 Å². The minimum atomic E-state index is -4.37. The van der Waals surface area contributed by atoms with E-state index in [2.05, 4.69) is 4.90 Å². The van der Waals surface area contributed by atoms with E-state index in [1.54, 1.807) is 6.07 Å². The molecule has 3 rings (SSSR count). The number of ether oxygens (including phenoxy) is 1. The summed E-state index contributed by atoms with van der Waals surface area (Å²) in [5.41, 5.74) is 0.971. The fraction of sp³-hybridized carbons (Fsp3) is 0.500. The highest BCUT2D eigenvalue weighted by atomic mass is 19.4. The van der Waals surface area contributed by atoms with Crippen LogP contribution in [0, 0.1) is 17.7 Å². The zero-order valence-electron chi connectivity index (χ0n) is 19.8. The number of rotatable bonds is 9. The monoisotopic (exact) mass is 480 g/mol. The Hall–Kier alpha value is -2.45. The van der Waals surface area contributed by atoms with Crippen LogP contribution in [0.25, 0.3) is 0 Å². The maximum absolute atomic E-state index is 14.0. The number of halogens is 4. The summed E-state index contributed by atoms with van der Waals surface area (Å²) in [5.74, 6) is -0.0774. The molecule has 0 bridgehead atoms. The molecular formula is C26H32F4N2O2. The quantitative estimate of drug-likeness (QED) is 0.463. The van der Waals surface area contributed by atoms with E-state index in [1.165, 1.54) is 31.4 Å². The number of hydrogen-bond donors (Lipinski definition) is 0. The molecule has 2 unspecified atom stereocenters. The van der Waals surface area contributed by atoms with Gasteiger partial charge in [-0.05, 0) is 47.2 Å². The van der Waals surface area contributed by atoms with Crippen LogP contribution in [0.5, 0.6) is 0 Å². The normalized spacial score (nSPS) is 19.1. The van der Waals surface area contributed by atoms with Crippen molar-refractivity contribution < 1.29 is 27.1 Å². The average Bonchev–Trinajstić information content (AvgIpc) is 3.15. The molecule has 186 valence electrons. The number of benzene rings is 2. The molecule has 0 spiro atoms. The zero-order valence-corrected chi connectivity index (χ0v) is 19.8. The summed E-state index contributed by atoms with van der Waals surface area (Å²) in [6, 6.07) is 11.7. The Labute approximate surface area is 198 Å².